The molecule has 2 rings (SSSR count). The van der Waals surface area contributed by atoms with Crippen molar-refractivity contribution in [1.29, 1.82) is 0 Å². The van der Waals surface area contributed by atoms with Crippen LogP contribution >= 0.6 is 34.8 Å². The average Bonchev–Trinajstić information content (AvgIpc) is 2.46. The predicted octanol–water partition coefficient (Wildman–Crippen LogP) is 4.15. The molecule has 144 valence electrons. The van der Waals surface area contributed by atoms with E-state index in [0.717, 1.165) is 0 Å². The summed E-state index contributed by atoms with van der Waals surface area (Å²) in [6.07, 6.45) is 3.78. The molecule has 1 fully saturated rings. The van der Waals surface area contributed by atoms with Crippen LogP contribution in [0.2, 0.25) is 0 Å². The van der Waals surface area contributed by atoms with Gasteiger partial charge < -0.3 is 0 Å². The zero-order valence-electron chi connectivity index (χ0n) is 15.1. The Labute approximate surface area is 165 Å². The van der Waals surface area contributed by atoms with Crippen molar-refractivity contribution in [3.05, 3.63) is 22.3 Å². The molecule has 0 radical (unpaired) electrons. The number of halogens is 3. The van der Waals surface area contributed by atoms with Crippen molar-refractivity contribution >= 4 is 34.8 Å². The molecule has 2 N–H and O–H groups in total. The molecule has 1 aliphatic heterocycles. The van der Waals surface area contributed by atoms with Crippen LogP contribution in [-0.2, 0) is 0 Å². The van der Waals surface area contributed by atoms with Gasteiger partial charge in [-0.25, -0.2) is 0 Å². The van der Waals surface area contributed by atoms with Crippen LogP contribution < -0.4 is 10.6 Å². The SMILES string of the molecule is CC(C)CNC1(Cl)C2C=CC(Cl)(Cl)CC2NC([N+](=O)[O-])C1CC(C)C. The van der Waals surface area contributed by atoms with Crippen molar-refractivity contribution in [3.8, 4) is 0 Å². The zero-order chi connectivity index (χ0) is 19.0. The molecule has 0 saturated carbocycles. The van der Waals surface area contributed by atoms with Crippen molar-refractivity contribution in [2.45, 2.75) is 62.1 Å². The number of hydrogen-bond donors (Lipinski definition) is 2. The topological polar surface area (TPSA) is 67.2 Å². The van der Waals surface area contributed by atoms with E-state index in [9.17, 15) is 10.1 Å². The van der Waals surface area contributed by atoms with E-state index in [-0.39, 0.29) is 28.7 Å². The van der Waals surface area contributed by atoms with Gasteiger partial charge >= 0.3 is 0 Å². The Hall–Kier alpha value is -0.0700. The van der Waals surface area contributed by atoms with Gasteiger partial charge in [-0.2, -0.15) is 0 Å². The Morgan fingerprint density at radius 2 is 1.92 bits per heavy atom. The lowest BCUT2D eigenvalue weighted by Crippen LogP contribution is -2.71. The summed E-state index contributed by atoms with van der Waals surface area (Å²) >= 11 is 19.7. The quantitative estimate of drug-likeness (QED) is 0.226. The number of rotatable bonds is 6. The summed E-state index contributed by atoms with van der Waals surface area (Å²) in [5, 5.41) is 18.4. The Balaban J connectivity index is 2.44. The fourth-order valence-corrected chi connectivity index (χ4v) is 4.89. The summed E-state index contributed by atoms with van der Waals surface area (Å²) in [5.74, 6) is 0.188. The number of nitrogens with zero attached hydrogens (tertiary/aromatic N) is 1. The first-order valence-electron chi connectivity index (χ1n) is 8.87. The second kappa shape index (κ2) is 7.89. The van der Waals surface area contributed by atoms with Crippen LogP contribution in [0.25, 0.3) is 0 Å². The van der Waals surface area contributed by atoms with Crippen LogP contribution in [0, 0.1) is 33.8 Å². The maximum absolute atomic E-state index is 11.8. The van der Waals surface area contributed by atoms with E-state index in [1.54, 1.807) is 6.08 Å². The lowest BCUT2D eigenvalue weighted by Gasteiger charge is -2.52. The van der Waals surface area contributed by atoms with Crippen LogP contribution in [0.15, 0.2) is 12.2 Å². The van der Waals surface area contributed by atoms with E-state index in [0.29, 0.717) is 25.3 Å². The predicted molar refractivity (Wildman–Crippen MR) is 104 cm³/mol. The number of nitrogens with one attached hydrogen (secondary N) is 2. The summed E-state index contributed by atoms with van der Waals surface area (Å²) in [4.78, 5) is 10.6. The van der Waals surface area contributed by atoms with Crippen LogP contribution in [0.3, 0.4) is 0 Å². The molecule has 5 nitrogen and oxygen atoms in total. The number of piperidine rings is 1. The van der Waals surface area contributed by atoms with E-state index in [1.165, 1.54) is 0 Å². The third kappa shape index (κ3) is 4.81. The Kier molecular flexibility index (Phi) is 6.70. The van der Waals surface area contributed by atoms with Gasteiger partial charge in [0.2, 0.25) is 0 Å². The highest BCUT2D eigenvalue weighted by Crippen LogP contribution is 2.48. The second-order valence-electron chi connectivity index (χ2n) is 8.13. The Bertz CT molecular complexity index is 527. The van der Waals surface area contributed by atoms with Crippen molar-refractivity contribution in [3.63, 3.8) is 0 Å². The summed E-state index contributed by atoms with van der Waals surface area (Å²) in [5.41, 5.74) is 0. The average molecular weight is 413 g/mol. The minimum absolute atomic E-state index is 0.126. The Morgan fingerprint density at radius 3 is 2.44 bits per heavy atom. The molecule has 0 aromatic carbocycles. The van der Waals surface area contributed by atoms with Gasteiger partial charge in [-0.1, -0.05) is 63.0 Å². The molecule has 25 heavy (non-hydrogen) atoms. The molecule has 5 atom stereocenters. The van der Waals surface area contributed by atoms with E-state index in [1.807, 2.05) is 6.08 Å². The summed E-state index contributed by atoms with van der Waals surface area (Å²) in [6, 6.07) is -0.254. The highest BCUT2D eigenvalue weighted by atomic mass is 35.5. The van der Waals surface area contributed by atoms with Crippen LogP contribution in [0.5, 0.6) is 0 Å². The number of alkyl halides is 3. The summed E-state index contributed by atoms with van der Waals surface area (Å²) in [7, 11) is 0. The molecule has 0 amide bonds. The fraction of sp³-hybridized carbons (Fsp3) is 0.882. The number of fused-ring (bicyclic) bond motifs is 1. The van der Waals surface area contributed by atoms with Crippen LogP contribution in [0.1, 0.15) is 40.5 Å². The highest BCUT2D eigenvalue weighted by Gasteiger charge is 2.59. The lowest BCUT2D eigenvalue weighted by molar-refractivity contribution is -0.546. The summed E-state index contributed by atoms with van der Waals surface area (Å²) in [6.45, 7) is 8.98. The van der Waals surface area contributed by atoms with Crippen LogP contribution in [0.4, 0.5) is 0 Å². The van der Waals surface area contributed by atoms with Crippen molar-refractivity contribution in [2.75, 3.05) is 6.54 Å². The molecule has 5 unspecified atom stereocenters. The third-order valence-corrected chi connectivity index (χ3v) is 6.22. The molecule has 0 aromatic heterocycles. The first-order valence-corrected chi connectivity index (χ1v) is 10.0. The lowest BCUT2D eigenvalue weighted by atomic mass is 9.71. The molecule has 2 aliphatic rings. The number of allylic oxidation sites excluding steroid dienone is 1. The van der Waals surface area contributed by atoms with Gasteiger partial charge in [0.05, 0.1) is 5.92 Å². The van der Waals surface area contributed by atoms with Gasteiger partial charge in [0.1, 0.15) is 9.33 Å². The van der Waals surface area contributed by atoms with Gasteiger partial charge in [-0.05, 0) is 24.8 Å². The first-order chi connectivity index (χ1) is 11.5. The molecular weight excluding hydrogens is 385 g/mol. The highest BCUT2D eigenvalue weighted by molar-refractivity contribution is 6.49. The minimum Gasteiger partial charge on any atom is -0.297 e. The van der Waals surface area contributed by atoms with Gasteiger partial charge in [-0.3, -0.25) is 20.7 Å². The molecule has 0 bridgehead atoms. The monoisotopic (exact) mass is 411 g/mol. The van der Waals surface area contributed by atoms with E-state index >= 15 is 0 Å². The van der Waals surface area contributed by atoms with E-state index in [2.05, 4.69) is 38.3 Å². The molecule has 0 aromatic rings. The van der Waals surface area contributed by atoms with E-state index in [4.69, 9.17) is 34.8 Å². The van der Waals surface area contributed by atoms with Crippen molar-refractivity contribution < 1.29 is 4.92 Å². The second-order valence-corrected chi connectivity index (χ2v) is 10.3. The van der Waals surface area contributed by atoms with Gasteiger partial charge in [-0.15, -0.1) is 11.6 Å². The van der Waals surface area contributed by atoms with E-state index < -0.39 is 15.5 Å². The van der Waals surface area contributed by atoms with Crippen LogP contribution in [-0.4, -0.2) is 33.0 Å². The normalized spacial score (nSPS) is 37.3. The smallest absolute Gasteiger partial charge is 0.272 e. The zero-order valence-corrected chi connectivity index (χ0v) is 17.4. The van der Waals surface area contributed by atoms with Crippen molar-refractivity contribution in [1.82, 2.24) is 10.6 Å². The van der Waals surface area contributed by atoms with Gasteiger partial charge in [0.15, 0.2) is 0 Å². The maximum Gasteiger partial charge on any atom is 0.272 e. The molecule has 1 saturated heterocycles. The third-order valence-electron chi connectivity index (χ3n) is 5.00. The standard InChI is InChI=1S/C17H28Cl3N3O2/c1-10(2)7-13-15(23(24)25)22-14-8-16(18,19)6-5-12(14)17(13,20)21-9-11(3)4/h5-6,10-15,21-22H,7-9H2,1-4H3. The number of hydrogen-bond acceptors (Lipinski definition) is 4. The van der Waals surface area contributed by atoms with Gasteiger partial charge in [0.25, 0.3) is 6.17 Å². The first kappa shape index (κ1) is 21.2. The number of nitro groups is 1. The molecular formula is C17H28Cl3N3O2. The fourth-order valence-electron chi connectivity index (χ4n) is 3.90. The Morgan fingerprint density at radius 1 is 1.28 bits per heavy atom. The molecule has 8 heteroatoms. The van der Waals surface area contributed by atoms with Gasteiger partial charge in [0, 0.05) is 23.3 Å². The molecule has 1 heterocycles. The maximum atomic E-state index is 11.8. The summed E-state index contributed by atoms with van der Waals surface area (Å²) < 4.78 is -1.03. The minimum atomic E-state index is -1.03. The largest absolute Gasteiger partial charge is 0.297 e. The molecule has 0 spiro atoms. The van der Waals surface area contributed by atoms with Crippen molar-refractivity contribution in [2.24, 2.45) is 23.7 Å². The molecule has 1 aliphatic carbocycles.